The summed E-state index contributed by atoms with van der Waals surface area (Å²) in [7, 11) is 0. The molecule has 1 aliphatic rings. The van der Waals surface area contributed by atoms with E-state index in [1.165, 1.54) is 11.3 Å². The fourth-order valence-corrected chi connectivity index (χ4v) is 3.36. The third-order valence-electron chi connectivity index (χ3n) is 3.83. The van der Waals surface area contributed by atoms with Crippen LogP contribution in [0.2, 0.25) is 5.02 Å². The monoisotopic (exact) mass is 309 g/mol. The van der Waals surface area contributed by atoms with Crippen LogP contribution in [0.3, 0.4) is 0 Å². The highest BCUT2D eigenvalue weighted by Crippen LogP contribution is 2.46. The van der Waals surface area contributed by atoms with E-state index in [0.717, 1.165) is 25.2 Å². The number of thiophene rings is 1. The summed E-state index contributed by atoms with van der Waals surface area (Å²) in [4.78, 5) is 16.9. The maximum absolute atomic E-state index is 12.1. The molecule has 1 amide bonds. The van der Waals surface area contributed by atoms with E-state index in [4.69, 9.17) is 11.6 Å². The van der Waals surface area contributed by atoms with Crippen LogP contribution >= 0.6 is 22.9 Å². The van der Waals surface area contributed by atoms with Gasteiger partial charge >= 0.3 is 0 Å². The molecule has 0 bridgehead atoms. The fraction of sp³-hybridized carbons (Fsp3) is 0.429. The lowest BCUT2D eigenvalue weighted by molar-refractivity contribution is 0.0947. The first-order chi connectivity index (χ1) is 9.60. The van der Waals surface area contributed by atoms with Crippen LogP contribution in [0.4, 0.5) is 0 Å². The summed E-state index contributed by atoms with van der Waals surface area (Å²) in [5.74, 6) is 0.947. The second kappa shape index (κ2) is 5.22. The first kappa shape index (κ1) is 13.6. The van der Waals surface area contributed by atoms with Gasteiger partial charge in [-0.25, -0.2) is 4.98 Å². The second-order valence-electron chi connectivity index (χ2n) is 5.38. The quantitative estimate of drug-likeness (QED) is 0.922. The molecule has 1 N–H and O–H groups in total. The lowest BCUT2D eigenvalue weighted by Crippen LogP contribution is -2.32. The number of hydrogen-bond acceptors (Lipinski definition) is 3. The number of halogens is 1. The predicted octanol–water partition coefficient (Wildman–Crippen LogP) is 3.12. The number of imidazole rings is 1. The molecule has 1 saturated carbocycles. The normalized spacial score (nSPS) is 16.1. The van der Waals surface area contributed by atoms with Crippen LogP contribution in [0.5, 0.6) is 0 Å². The minimum absolute atomic E-state index is 0.0707. The molecule has 0 saturated heterocycles. The second-order valence-corrected chi connectivity index (χ2v) is 6.71. The molecule has 20 heavy (non-hydrogen) atoms. The van der Waals surface area contributed by atoms with Gasteiger partial charge in [0.1, 0.15) is 10.7 Å². The summed E-state index contributed by atoms with van der Waals surface area (Å²) in [6.07, 6.45) is 6.09. The van der Waals surface area contributed by atoms with Crippen LogP contribution in [0.1, 0.15) is 28.3 Å². The molecule has 0 atom stereocenters. The third kappa shape index (κ3) is 2.74. The zero-order valence-corrected chi connectivity index (χ0v) is 12.8. The number of nitrogens with one attached hydrogen (secondary N) is 1. The van der Waals surface area contributed by atoms with Crippen molar-refractivity contribution in [2.24, 2.45) is 5.41 Å². The molecular formula is C14H16ClN3OS. The van der Waals surface area contributed by atoms with Crippen LogP contribution in [-0.2, 0) is 6.54 Å². The van der Waals surface area contributed by atoms with Crippen molar-refractivity contribution in [2.45, 2.75) is 26.3 Å². The highest BCUT2D eigenvalue weighted by Gasteiger charge is 2.43. The summed E-state index contributed by atoms with van der Waals surface area (Å²) < 4.78 is 2.15. The summed E-state index contributed by atoms with van der Waals surface area (Å²) in [5.41, 5.74) is 0.185. The maximum atomic E-state index is 12.1. The molecule has 2 heterocycles. The Balaban J connectivity index is 1.60. The molecule has 0 unspecified atom stereocenters. The van der Waals surface area contributed by atoms with Crippen molar-refractivity contribution < 1.29 is 4.79 Å². The predicted molar refractivity (Wildman–Crippen MR) is 80.3 cm³/mol. The summed E-state index contributed by atoms with van der Waals surface area (Å²) in [6, 6.07) is 1.75. The van der Waals surface area contributed by atoms with Gasteiger partial charge in [0.05, 0.1) is 5.02 Å². The number of carbonyl (C=O) groups is 1. The van der Waals surface area contributed by atoms with Crippen LogP contribution in [0.25, 0.3) is 0 Å². The minimum atomic E-state index is -0.0707. The Morgan fingerprint density at radius 1 is 1.60 bits per heavy atom. The van der Waals surface area contributed by atoms with Gasteiger partial charge in [0.25, 0.3) is 5.91 Å². The number of hydrogen-bond donors (Lipinski definition) is 1. The molecule has 4 nitrogen and oxygen atoms in total. The molecule has 106 valence electrons. The molecule has 0 spiro atoms. The average Bonchev–Trinajstić information content (AvgIpc) is 2.87. The Kier molecular flexibility index (Phi) is 3.56. The first-order valence-corrected chi connectivity index (χ1v) is 7.84. The Morgan fingerprint density at radius 3 is 2.95 bits per heavy atom. The van der Waals surface area contributed by atoms with Gasteiger partial charge in [-0.3, -0.25) is 4.79 Å². The minimum Gasteiger partial charge on any atom is -0.351 e. The molecule has 0 aliphatic heterocycles. The third-order valence-corrected chi connectivity index (χ3v) is 5.17. The largest absolute Gasteiger partial charge is 0.351 e. The van der Waals surface area contributed by atoms with E-state index in [9.17, 15) is 4.79 Å². The maximum Gasteiger partial charge on any atom is 0.262 e. The fourth-order valence-electron chi connectivity index (χ4n) is 2.30. The zero-order valence-electron chi connectivity index (χ0n) is 11.2. The Morgan fingerprint density at radius 2 is 2.40 bits per heavy atom. The molecule has 1 fully saturated rings. The van der Waals surface area contributed by atoms with Crippen LogP contribution in [0.15, 0.2) is 23.8 Å². The van der Waals surface area contributed by atoms with Gasteiger partial charge in [-0.15, -0.1) is 11.3 Å². The van der Waals surface area contributed by atoms with Crippen molar-refractivity contribution in [1.82, 2.24) is 14.9 Å². The first-order valence-electron chi connectivity index (χ1n) is 6.59. The van der Waals surface area contributed by atoms with Crippen molar-refractivity contribution in [3.8, 4) is 0 Å². The van der Waals surface area contributed by atoms with E-state index in [1.54, 1.807) is 6.07 Å². The van der Waals surface area contributed by atoms with E-state index in [-0.39, 0.29) is 11.3 Å². The topological polar surface area (TPSA) is 46.9 Å². The molecule has 0 aromatic carbocycles. The smallest absolute Gasteiger partial charge is 0.262 e. The van der Waals surface area contributed by atoms with Crippen LogP contribution in [0, 0.1) is 12.3 Å². The van der Waals surface area contributed by atoms with Crippen LogP contribution in [-0.4, -0.2) is 22.0 Å². The molecule has 3 rings (SSSR count). The van der Waals surface area contributed by atoms with E-state index < -0.39 is 0 Å². The van der Waals surface area contributed by atoms with Gasteiger partial charge in [-0.05, 0) is 31.2 Å². The average molecular weight is 310 g/mol. The molecule has 2 aromatic heterocycles. The Hall–Kier alpha value is -1.33. The molecular weight excluding hydrogens is 294 g/mol. The number of aryl methyl sites for hydroxylation is 1. The van der Waals surface area contributed by atoms with E-state index in [2.05, 4.69) is 14.9 Å². The summed E-state index contributed by atoms with van der Waals surface area (Å²) in [6.45, 7) is 3.61. The number of aromatic nitrogens is 2. The highest BCUT2D eigenvalue weighted by molar-refractivity contribution is 7.12. The molecule has 1 aliphatic carbocycles. The van der Waals surface area contributed by atoms with E-state index >= 15 is 0 Å². The lowest BCUT2D eigenvalue weighted by atomic mass is 10.1. The lowest BCUT2D eigenvalue weighted by Gasteiger charge is -2.17. The molecule has 2 aromatic rings. The highest BCUT2D eigenvalue weighted by atomic mass is 35.5. The van der Waals surface area contributed by atoms with Crippen LogP contribution < -0.4 is 5.32 Å². The number of amides is 1. The van der Waals surface area contributed by atoms with Gasteiger partial charge in [0.2, 0.25) is 0 Å². The number of carbonyl (C=O) groups excluding carboxylic acids is 1. The van der Waals surface area contributed by atoms with Gasteiger partial charge in [0, 0.05) is 30.9 Å². The van der Waals surface area contributed by atoms with E-state index in [1.807, 2.05) is 24.7 Å². The SMILES string of the molecule is Cc1nccn1CC1(CNC(=O)c2sccc2Cl)CC1. The van der Waals surface area contributed by atoms with Crippen molar-refractivity contribution in [3.05, 3.63) is 39.6 Å². The zero-order chi connectivity index (χ0) is 14.2. The van der Waals surface area contributed by atoms with Gasteiger partial charge in [-0.1, -0.05) is 11.6 Å². The molecule has 6 heteroatoms. The molecule has 0 radical (unpaired) electrons. The van der Waals surface area contributed by atoms with Gasteiger partial charge < -0.3 is 9.88 Å². The standard InChI is InChI=1S/C14H16ClN3OS/c1-10-16-5-6-18(10)9-14(3-4-14)8-17-13(19)12-11(15)2-7-20-12/h2,5-7H,3-4,8-9H2,1H3,(H,17,19). The van der Waals surface area contributed by atoms with Crippen molar-refractivity contribution in [3.63, 3.8) is 0 Å². The number of nitrogens with zero attached hydrogens (tertiary/aromatic N) is 2. The van der Waals surface area contributed by atoms with Crippen molar-refractivity contribution >= 4 is 28.8 Å². The van der Waals surface area contributed by atoms with E-state index in [0.29, 0.717) is 16.4 Å². The summed E-state index contributed by atoms with van der Waals surface area (Å²) >= 11 is 7.35. The van der Waals surface area contributed by atoms with Crippen molar-refractivity contribution in [2.75, 3.05) is 6.54 Å². The van der Waals surface area contributed by atoms with Gasteiger partial charge in [0.15, 0.2) is 0 Å². The van der Waals surface area contributed by atoms with Crippen molar-refractivity contribution in [1.29, 1.82) is 0 Å². The summed E-state index contributed by atoms with van der Waals surface area (Å²) in [5, 5.41) is 5.38. The Labute approximate surface area is 126 Å². The van der Waals surface area contributed by atoms with Gasteiger partial charge in [-0.2, -0.15) is 0 Å². The number of rotatable bonds is 5. The Bertz CT molecular complexity index is 630.